The number of fused-ring (bicyclic) bond motifs is 1. The van der Waals surface area contributed by atoms with Crippen molar-refractivity contribution in [2.24, 2.45) is 5.92 Å². The molecule has 3 aliphatic heterocycles. The average molecular weight is 306 g/mol. The molecule has 0 unspecified atom stereocenters. The first kappa shape index (κ1) is 14.0. The molecule has 0 aromatic carbocycles. The summed E-state index contributed by atoms with van der Waals surface area (Å²) >= 11 is 0. The fourth-order valence-electron chi connectivity index (χ4n) is 3.88. The zero-order valence-corrected chi connectivity index (χ0v) is 12.9. The first-order valence-corrected chi connectivity index (χ1v) is 8.17. The van der Waals surface area contributed by atoms with Crippen molar-refractivity contribution < 1.29 is 14.1 Å². The second-order valence-corrected chi connectivity index (χ2v) is 6.61. The van der Waals surface area contributed by atoms with Crippen LogP contribution in [-0.2, 0) is 11.2 Å². The Balaban J connectivity index is 1.31. The molecular formula is C15H22N4O3. The number of ether oxygens (including phenoxy) is 1. The SMILES string of the molecule is Cc1noc(C[C@@H]2C[C@@H]3CN(C(=O)N4CCCC4)C[C@@H]3O2)n1. The van der Waals surface area contributed by atoms with E-state index < -0.39 is 0 Å². The number of nitrogens with zero attached hydrogens (tertiary/aromatic N) is 4. The van der Waals surface area contributed by atoms with E-state index in [0.29, 0.717) is 24.1 Å². The van der Waals surface area contributed by atoms with Crippen LogP contribution in [0.2, 0.25) is 0 Å². The van der Waals surface area contributed by atoms with Crippen LogP contribution in [0.4, 0.5) is 4.79 Å². The van der Waals surface area contributed by atoms with E-state index in [2.05, 4.69) is 10.1 Å². The lowest BCUT2D eigenvalue weighted by molar-refractivity contribution is 0.0362. The molecule has 0 spiro atoms. The van der Waals surface area contributed by atoms with E-state index >= 15 is 0 Å². The Morgan fingerprint density at radius 1 is 1.27 bits per heavy atom. The number of carbonyl (C=O) groups excluding carboxylic acids is 1. The highest BCUT2D eigenvalue weighted by Gasteiger charge is 2.44. The lowest BCUT2D eigenvalue weighted by Crippen LogP contribution is -2.41. The summed E-state index contributed by atoms with van der Waals surface area (Å²) in [5.74, 6) is 1.75. The van der Waals surface area contributed by atoms with Gasteiger partial charge in [0, 0.05) is 32.1 Å². The number of hydrogen-bond acceptors (Lipinski definition) is 5. The maximum absolute atomic E-state index is 12.4. The van der Waals surface area contributed by atoms with Crippen LogP contribution in [0.5, 0.6) is 0 Å². The van der Waals surface area contributed by atoms with Crippen LogP contribution in [0.15, 0.2) is 4.52 Å². The smallest absolute Gasteiger partial charge is 0.320 e. The molecule has 0 radical (unpaired) electrons. The summed E-state index contributed by atoms with van der Waals surface area (Å²) in [5, 5.41) is 3.81. The quantitative estimate of drug-likeness (QED) is 0.821. The molecule has 3 aliphatic rings. The lowest BCUT2D eigenvalue weighted by atomic mass is 10.0. The summed E-state index contributed by atoms with van der Waals surface area (Å²) in [6.07, 6.45) is 4.21. The van der Waals surface area contributed by atoms with Crippen molar-refractivity contribution in [2.75, 3.05) is 26.2 Å². The van der Waals surface area contributed by atoms with Crippen molar-refractivity contribution in [3.8, 4) is 0 Å². The zero-order chi connectivity index (χ0) is 15.1. The number of carbonyl (C=O) groups is 1. The van der Waals surface area contributed by atoms with Crippen LogP contribution in [0, 0.1) is 12.8 Å². The summed E-state index contributed by atoms with van der Waals surface area (Å²) in [6.45, 7) is 5.17. The largest absolute Gasteiger partial charge is 0.372 e. The van der Waals surface area contributed by atoms with E-state index in [0.717, 1.165) is 45.4 Å². The zero-order valence-electron chi connectivity index (χ0n) is 12.9. The van der Waals surface area contributed by atoms with Crippen LogP contribution in [0.25, 0.3) is 0 Å². The second kappa shape index (κ2) is 5.53. The van der Waals surface area contributed by atoms with Crippen LogP contribution in [-0.4, -0.2) is 64.4 Å². The molecule has 3 saturated heterocycles. The number of rotatable bonds is 2. The number of aryl methyl sites for hydroxylation is 1. The minimum absolute atomic E-state index is 0.138. The minimum Gasteiger partial charge on any atom is -0.372 e. The van der Waals surface area contributed by atoms with Crippen LogP contribution in [0.3, 0.4) is 0 Å². The molecule has 7 heteroatoms. The summed E-state index contributed by atoms with van der Waals surface area (Å²) in [6, 6.07) is 0.194. The Bertz CT molecular complexity index is 541. The van der Waals surface area contributed by atoms with Crippen molar-refractivity contribution in [3.05, 3.63) is 11.7 Å². The molecule has 7 nitrogen and oxygen atoms in total. The number of hydrogen-bond donors (Lipinski definition) is 0. The molecule has 4 heterocycles. The Kier molecular flexibility index (Phi) is 3.52. The van der Waals surface area contributed by atoms with Crippen LogP contribution < -0.4 is 0 Å². The standard InChI is InChI=1S/C15H22N4O3/c1-10-16-14(22-17-10)7-12-6-11-8-19(9-13(11)21-12)15(20)18-4-2-3-5-18/h11-13H,2-9H2,1H3/t11-,12+,13+/m1/s1. The van der Waals surface area contributed by atoms with Crippen LogP contribution in [0.1, 0.15) is 31.0 Å². The van der Waals surface area contributed by atoms with Gasteiger partial charge in [0.15, 0.2) is 5.82 Å². The highest BCUT2D eigenvalue weighted by molar-refractivity contribution is 5.75. The summed E-state index contributed by atoms with van der Waals surface area (Å²) < 4.78 is 11.3. The first-order chi connectivity index (χ1) is 10.7. The molecule has 1 aromatic heterocycles. The van der Waals surface area contributed by atoms with E-state index in [1.165, 1.54) is 0 Å². The van der Waals surface area contributed by atoms with Gasteiger partial charge in [-0.05, 0) is 26.2 Å². The molecular weight excluding hydrogens is 284 g/mol. The second-order valence-electron chi connectivity index (χ2n) is 6.61. The Morgan fingerprint density at radius 2 is 2.09 bits per heavy atom. The van der Waals surface area contributed by atoms with Gasteiger partial charge in [0.1, 0.15) is 0 Å². The van der Waals surface area contributed by atoms with Gasteiger partial charge in [0.2, 0.25) is 5.89 Å². The van der Waals surface area contributed by atoms with Crippen molar-refractivity contribution in [3.63, 3.8) is 0 Å². The monoisotopic (exact) mass is 306 g/mol. The molecule has 1 aromatic rings. The number of likely N-dealkylation sites (tertiary alicyclic amines) is 2. The normalized spacial score (nSPS) is 31.0. The third-order valence-electron chi connectivity index (χ3n) is 4.93. The van der Waals surface area contributed by atoms with Gasteiger partial charge < -0.3 is 19.1 Å². The predicted molar refractivity (Wildman–Crippen MR) is 77.3 cm³/mol. The van der Waals surface area contributed by atoms with E-state index in [9.17, 15) is 4.79 Å². The molecule has 2 amide bonds. The highest BCUT2D eigenvalue weighted by atomic mass is 16.5. The average Bonchev–Trinajstić information content (AvgIpc) is 3.21. The van der Waals surface area contributed by atoms with E-state index in [4.69, 9.17) is 9.26 Å². The van der Waals surface area contributed by atoms with Crippen molar-refractivity contribution >= 4 is 6.03 Å². The summed E-state index contributed by atoms with van der Waals surface area (Å²) in [5.41, 5.74) is 0. The number of urea groups is 1. The topological polar surface area (TPSA) is 71.7 Å². The minimum atomic E-state index is 0.138. The molecule has 3 atom stereocenters. The Hall–Kier alpha value is -1.63. The maximum Gasteiger partial charge on any atom is 0.320 e. The summed E-state index contributed by atoms with van der Waals surface area (Å²) in [4.78, 5) is 20.6. The van der Waals surface area contributed by atoms with E-state index in [-0.39, 0.29) is 18.2 Å². The number of amides is 2. The molecule has 120 valence electrons. The van der Waals surface area contributed by atoms with Gasteiger partial charge in [-0.1, -0.05) is 5.16 Å². The Labute approximate surface area is 129 Å². The van der Waals surface area contributed by atoms with Gasteiger partial charge in [0.25, 0.3) is 0 Å². The van der Waals surface area contributed by atoms with E-state index in [1.807, 2.05) is 16.7 Å². The van der Waals surface area contributed by atoms with Gasteiger partial charge in [-0.3, -0.25) is 0 Å². The van der Waals surface area contributed by atoms with Crippen molar-refractivity contribution in [1.29, 1.82) is 0 Å². The van der Waals surface area contributed by atoms with Gasteiger partial charge in [-0.25, -0.2) is 4.79 Å². The highest BCUT2D eigenvalue weighted by Crippen LogP contribution is 2.34. The number of aromatic nitrogens is 2. The third kappa shape index (κ3) is 2.58. The fraction of sp³-hybridized carbons (Fsp3) is 0.800. The lowest BCUT2D eigenvalue weighted by Gasteiger charge is -2.25. The predicted octanol–water partition coefficient (Wildman–Crippen LogP) is 1.23. The van der Waals surface area contributed by atoms with Crippen molar-refractivity contribution in [1.82, 2.24) is 19.9 Å². The third-order valence-corrected chi connectivity index (χ3v) is 4.93. The molecule has 4 rings (SSSR count). The maximum atomic E-state index is 12.4. The molecule has 0 N–H and O–H groups in total. The van der Waals surface area contributed by atoms with Gasteiger partial charge in [0.05, 0.1) is 18.6 Å². The van der Waals surface area contributed by atoms with Gasteiger partial charge in [-0.15, -0.1) is 0 Å². The molecule has 3 fully saturated rings. The molecule has 22 heavy (non-hydrogen) atoms. The molecule has 0 saturated carbocycles. The first-order valence-electron chi connectivity index (χ1n) is 8.17. The fourth-order valence-corrected chi connectivity index (χ4v) is 3.88. The Morgan fingerprint density at radius 3 is 2.77 bits per heavy atom. The van der Waals surface area contributed by atoms with Crippen molar-refractivity contribution in [2.45, 2.75) is 44.8 Å². The molecule has 0 aliphatic carbocycles. The summed E-state index contributed by atoms with van der Waals surface area (Å²) in [7, 11) is 0. The van der Waals surface area contributed by atoms with E-state index in [1.54, 1.807) is 0 Å². The van der Waals surface area contributed by atoms with Gasteiger partial charge in [-0.2, -0.15) is 4.98 Å². The molecule has 0 bridgehead atoms. The van der Waals surface area contributed by atoms with Gasteiger partial charge >= 0.3 is 6.03 Å². The van der Waals surface area contributed by atoms with Crippen LogP contribution >= 0.6 is 0 Å².